The molecule has 9 nitrogen and oxygen atoms in total. The van der Waals surface area contributed by atoms with Crippen LogP contribution in [0.3, 0.4) is 0 Å². The number of alkyl halides is 3. The maximum atomic E-state index is 13.3. The van der Waals surface area contributed by atoms with Crippen molar-refractivity contribution in [2.24, 2.45) is 0 Å². The molecule has 3 atom stereocenters. The Hall–Kier alpha value is -4.04. The van der Waals surface area contributed by atoms with Gasteiger partial charge in [0.15, 0.2) is 0 Å². The zero-order valence-corrected chi connectivity index (χ0v) is 22.6. The van der Waals surface area contributed by atoms with Crippen LogP contribution in [0.4, 0.5) is 13.2 Å². The molecule has 0 aliphatic carbocycles. The maximum Gasteiger partial charge on any atom is 0.523 e. The van der Waals surface area contributed by atoms with Gasteiger partial charge >= 0.3 is 21.3 Å². The van der Waals surface area contributed by atoms with Gasteiger partial charge in [0, 0.05) is 18.7 Å². The Balaban J connectivity index is 1.57. The molecule has 0 spiro atoms. The second-order valence-electron chi connectivity index (χ2n) is 9.51. The summed E-state index contributed by atoms with van der Waals surface area (Å²) in [6, 6.07) is 28.4. The van der Waals surface area contributed by atoms with Crippen LogP contribution >= 0.6 is 0 Å². The lowest BCUT2D eigenvalue weighted by atomic mass is 9.80. The Labute approximate surface area is 238 Å². The van der Waals surface area contributed by atoms with E-state index in [1.165, 1.54) is 0 Å². The fourth-order valence-corrected chi connectivity index (χ4v) is 5.61. The SMILES string of the molecule is O=c1ccn([C@H]2C[C@H](OS(=O)(=O)C(F)(F)F)[C@@H](COC(c3ccccc3)(c3ccccc3)c3ccccc3)O2)c(=O)[nH]1. The summed E-state index contributed by atoms with van der Waals surface area (Å²) in [7, 11) is -6.03. The van der Waals surface area contributed by atoms with Gasteiger partial charge in [-0.15, -0.1) is 0 Å². The molecule has 1 aliphatic rings. The minimum absolute atomic E-state index is 0.439. The molecule has 13 heteroatoms. The van der Waals surface area contributed by atoms with Crippen LogP contribution in [0, 0.1) is 0 Å². The second kappa shape index (κ2) is 11.7. The summed E-state index contributed by atoms with van der Waals surface area (Å²) in [4.78, 5) is 26.0. The van der Waals surface area contributed by atoms with E-state index in [9.17, 15) is 31.2 Å². The van der Waals surface area contributed by atoms with Gasteiger partial charge in [-0.1, -0.05) is 91.0 Å². The lowest BCUT2D eigenvalue weighted by molar-refractivity contribution is -0.0960. The van der Waals surface area contributed by atoms with E-state index in [0.29, 0.717) is 16.7 Å². The minimum atomic E-state index is -6.03. The average Bonchev–Trinajstić information content (AvgIpc) is 3.36. The zero-order chi connectivity index (χ0) is 30.0. The fourth-order valence-electron chi connectivity index (χ4n) is 4.97. The van der Waals surface area contributed by atoms with Crippen molar-refractivity contribution in [3.05, 3.63) is 141 Å². The van der Waals surface area contributed by atoms with Crippen molar-refractivity contribution < 1.29 is 35.2 Å². The smallest absolute Gasteiger partial charge is 0.358 e. The minimum Gasteiger partial charge on any atom is -0.358 e. The van der Waals surface area contributed by atoms with Gasteiger partial charge in [-0.25, -0.2) is 4.79 Å². The van der Waals surface area contributed by atoms with Gasteiger partial charge < -0.3 is 9.47 Å². The van der Waals surface area contributed by atoms with Gasteiger partial charge in [-0.2, -0.15) is 21.6 Å². The van der Waals surface area contributed by atoms with Gasteiger partial charge in [0.1, 0.15) is 24.0 Å². The molecule has 0 saturated carbocycles. The zero-order valence-electron chi connectivity index (χ0n) is 21.8. The molecule has 3 aromatic carbocycles. The maximum absolute atomic E-state index is 13.3. The van der Waals surface area contributed by atoms with Gasteiger partial charge in [-0.3, -0.25) is 18.5 Å². The highest BCUT2D eigenvalue weighted by Crippen LogP contribution is 2.42. The molecule has 1 aliphatic heterocycles. The standard InChI is InChI=1S/C29H25F3N2O7S/c30-29(31,32)42(37,38)41-23-18-26(34-17-16-25(35)33-27(34)36)40-24(23)19-39-28(20-10-4-1-5-11-20,21-12-6-2-7-13-21)22-14-8-3-9-15-22/h1-17,23-24,26H,18-19H2,(H,33,35,36)/t23-,24+,26+/m0/s1. The lowest BCUT2D eigenvalue weighted by Crippen LogP contribution is -2.40. The van der Waals surface area contributed by atoms with Crippen molar-refractivity contribution in [2.45, 2.75) is 36.0 Å². The molecule has 1 saturated heterocycles. The van der Waals surface area contributed by atoms with E-state index < -0.39 is 63.9 Å². The Morgan fingerprint density at radius 3 is 1.79 bits per heavy atom. The van der Waals surface area contributed by atoms with Crippen molar-refractivity contribution >= 4 is 10.1 Å². The number of hydrogen-bond acceptors (Lipinski definition) is 7. The summed E-state index contributed by atoms with van der Waals surface area (Å²) in [6.07, 6.45) is -3.66. The van der Waals surface area contributed by atoms with Crippen molar-refractivity contribution in [3.63, 3.8) is 0 Å². The number of nitrogens with zero attached hydrogens (tertiary/aromatic N) is 1. The molecule has 0 amide bonds. The normalized spacial score (nSPS) is 19.5. The number of H-pyrrole nitrogens is 1. The third-order valence-electron chi connectivity index (χ3n) is 6.88. The molecule has 1 N–H and O–H groups in total. The van der Waals surface area contributed by atoms with E-state index in [4.69, 9.17) is 9.47 Å². The van der Waals surface area contributed by atoms with Crippen LogP contribution in [0.25, 0.3) is 0 Å². The molecule has 0 radical (unpaired) electrons. The molecular formula is C29H25F3N2O7S. The van der Waals surface area contributed by atoms with Crippen LogP contribution in [0.15, 0.2) is 113 Å². The van der Waals surface area contributed by atoms with Crippen LogP contribution < -0.4 is 11.2 Å². The number of hydrogen-bond donors (Lipinski definition) is 1. The molecular weight excluding hydrogens is 577 g/mol. The summed E-state index contributed by atoms with van der Waals surface area (Å²) in [5.41, 5.74) is -6.50. The van der Waals surface area contributed by atoms with E-state index in [1.807, 2.05) is 96.0 Å². The van der Waals surface area contributed by atoms with Crippen molar-refractivity contribution in [1.82, 2.24) is 9.55 Å². The molecule has 2 heterocycles. The second-order valence-corrected chi connectivity index (χ2v) is 11.1. The van der Waals surface area contributed by atoms with Gasteiger partial charge in [0.25, 0.3) is 5.56 Å². The van der Waals surface area contributed by atoms with Gasteiger partial charge in [-0.05, 0) is 16.7 Å². The van der Waals surface area contributed by atoms with E-state index in [0.717, 1.165) is 16.8 Å². The lowest BCUT2D eigenvalue weighted by Gasteiger charge is -2.37. The summed E-state index contributed by atoms with van der Waals surface area (Å²) in [6.45, 7) is -0.439. The van der Waals surface area contributed by atoms with Crippen molar-refractivity contribution in [1.29, 1.82) is 0 Å². The molecule has 5 rings (SSSR count). The van der Waals surface area contributed by atoms with E-state index >= 15 is 0 Å². The van der Waals surface area contributed by atoms with Crippen molar-refractivity contribution in [3.8, 4) is 0 Å². The first kappa shape index (κ1) is 29.5. The first-order chi connectivity index (χ1) is 20.0. The number of ether oxygens (including phenoxy) is 2. The molecule has 1 aromatic heterocycles. The molecule has 220 valence electrons. The fraction of sp³-hybridized carbons (Fsp3) is 0.241. The number of aromatic amines is 1. The van der Waals surface area contributed by atoms with Crippen LogP contribution in [-0.4, -0.2) is 42.3 Å². The number of benzene rings is 3. The largest absolute Gasteiger partial charge is 0.523 e. The number of halogens is 3. The first-order valence-corrected chi connectivity index (χ1v) is 14.2. The highest BCUT2D eigenvalue weighted by Gasteiger charge is 2.52. The van der Waals surface area contributed by atoms with E-state index in [-0.39, 0.29) is 0 Å². The van der Waals surface area contributed by atoms with Gasteiger partial charge in [0.05, 0.1) is 6.61 Å². The van der Waals surface area contributed by atoms with Crippen LogP contribution in [-0.2, 0) is 29.4 Å². The molecule has 0 bridgehead atoms. The number of aromatic nitrogens is 2. The van der Waals surface area contributed by atoms with Crippen LogP contribution in [0.1, 0.15) is 29.3 Å². The summed E-state index contributed by atoms with van der Waals surface area (Å²) >= 11 is 0. The molecule has 1 fully saturated rings. The van der Waals surface area contributed by atoms with Crippen molar-refractivity contribution in [2.75, 3.05) is 6.61 Å². The highest BCUT2D eigenvalue weighted by molar-refractivity contribution is 7.87. The predicted octanol–water partition coefficient (Wildman–Crippen LogP) is 4.07. The van der Waals surface area contributed by atoms with Crippen LogP contribution in [0.2, 0.25) is 0 Å². The third kappa shape index (κ3) is 5.81. The Morgan fingerprint density at radius 2 is 1.33 bits per heavy atom. The quantitative estimate of drug-likeness (QED) is 0.174. The first-order valence-electron chi connectivity index (χ1n) is 12.8. The van der Waals surface area contributed by atoms with E-state index in [1.54, 1.807) is 0 Å². The Morgan fingerprint density at radius 1 is 0.833 bits per heavy atom. The third-order valence-corrected chi connectivity index (χ3v) is 7.95. The average molecular weight is 603 g/mol. The Bertz CT molecular complexity index is 1630. The molecule has 4 aromatic rings. The van der Waals surface area contributed by atoms with Gasteiger partial charge in [0.2, 0.25) is 0 Å². The summed E-state index contributed by atoms with van der Waals surface area (Å²) in [5, 5.41) is 0. The highest BCUT2D eigenvalue weighted by atomic mass is 32.2. The van der Waals surface area contributed by atoms with Crippen LogP contribution in [0.5, 0.6) is 0 Å². The predicted molar refractivity (Wildman–Crippen MR) is 145 cm³/mol. The summed E-state index contributed by atoms with van der Waals surface area (Å²) < 4.78 is 82.0. The number of nitrogens with one attached hydrogen (secondary N) is 1. The topological polar surface area (TPSA) is 117 Å². The summed E-state index contributed by atoms with van der Waals surface area (Å²) in [5.74, 6) is 0. The Kier molecular flexibility index (Phi) is 8.19. The number of rotatable bonds is 9. The molecule has 42 heavy (non-hydrogen) atoms. The van der Waals surface area contributed by atoms with E-state index in [2.05, 4.69) is 4.18 Å². The monoisotopic (exact) mass is 602 g/mol. The molecule has 0 unspecified atom stereocenters.